The number of carbonyl (C=O) groups is 4. The van der Waals surface area contributed by atoms with E-state index in [1.54, 1.807) is 45.3 Å². The third kappa shape index (κ3) is 38.2. The summed E-state index contributed by atoms with van der Waals surface area (Å²) in [5.74, 6) is 3.92. The summed E-state index contributed by atoms with van der Waals surface area (Å²) >= 11 is 7.15. The summed E-state index contributed by atoms with van der Waals surface area (Å²) in [5, 5.41) is 47.7. The van der Waals surface area contributed by atoms with Gasteiger partial charge in [-0.15, -0.1) is 187 Å². The van der Waals surface area contributed by atoms with Crippen molar-refractivity contribution in [2.45, 2.75) is 183 Å². The van der Waals surface area contributed by atoms with Gasteiger partial charge in [-0.3, -0.25) is 24.2 Å². The van der Waals surface area contributed by atoms with Crippen molar-refractivity contribution >= 4 is 149 Å². The maximum atomic E-state index is 11.2. The number of thiophene rings is 4. The van der Waals surface area contributed by atoms with Gasteiger partial charge >= 0.3 is 0 Å². The number of hydrogen-bond acceptors (Lipinski definition) is 16. The number of nitrogens with zero attached hydrogens (tertiary/aromatic N) is 4. The average Bonchev–Trinajstić information content (AvgIpc) is 1.70. The van der Waals surface area contributed by atoms with E-state index in [1.807, 2.05) is 172 Å². The molecule has 16 aromatic rings. The van der Waals surface area contributed by atoms with Crippen LogP contribution in [0.3, 0.4) is 0 Å². The molecule has 8 aromatic carbocycles. The second-order valence-corrected chi connectivity index (χ2v) is 40.7. The Labute approximate surface area is 869 Å². The van der Waals surface area contributed by atoms with E-state index in [-0.39, 0.29) is 127 Å². The van der Waals surface area contributed by atoms with Crippen molar-refractivity contribution in [3.63, 3.8) is 0 Å². The third-order valence-corrected chi connectivity index (χ3v) is 24.5. The number of aryl methyl sites for hydroxylation is 3. The molecule has 0 amide bonds. The van der Waals surface area contributed by atoms with Crippen LogP contribution in [0.15, 0.2) is 272 Å². The number of aliphatic hydroxyl groups is 4. The molecule has 718 valence electrons. The van der Waals surface area contributed by atoms with Crippen molar-refractivity contribution < 1.29 is 120 Å². The van der Waals surface area contributed by atoms with Gasteiger partial charge in [0.25, 0.3) is 0 Å². The van der Waals surface area contributed by atoms with E-state index in [9.17, 15) is 39.6 Å². The number of carbonyl (C=O) groups excluding carboxylic acids is 4. The van der Waals surface area contributed by atoms with Crippen LogP contribution in [0.5, 0.6) is 0 Å². The van der Waals surface area contributed by atoms with Gasteiger partial charge in [0, 0.05) is 215 Å². The topological polar surface area (TPSA) is 201 Å². The molecule has 0 saturated heterocycles. The molecular formula is C115H126Ir4N4O8S4-4. The molecule has 8 heterocycles. The maximum Gasteiger partial charge on any atom is 0.159 e. The monoisotopic (exact) mass is 2590 g/mol. The van der Waals surface area contributed by atoms with Gasteiger partial charge < -0.3 is 35.4 Å². The first kappa shape index (κ1) is 116. The van der Waals surface area contributed by atoms with Gasteiger partial charge in [-0.2, -0.15) is 0 Å². The molecule has 4 radical (unpaired) electrons. The van der Waals surface area contributed by atoms with E-state index in [4.69, 9.17) is 4.98 Å². The molecule has 0 fully saturated rings. The molecule has 20 heteroatoms. The zero-order valence-corrected chi connectivity index (χ0v) is 93.5. The van der Waals surface area contributed by atoms with Gasteiger partial charge in [-0.1, -0.05) is 229 Å². The van der Waals surface area contributed by atoms with Crippen molar-refractivity contribution in [1.29, 1.82) is 0 Å². The summed E-state index contributed by atoms with van der Waals surface area (Å²) in [6, 6.07) is 84.2. The quantitative estimate of drug-likeness (QED) is 0.0254. The van der Waals surface area contributed by atoms with Crippen LogP contribution in [-0.2, 0) is 99.6 Å². The fourth-order valence-electron chi connectivity index (χ4n) is 14.4. The number of rotatable bonds is 24. The Kier molecular flexibility index (Phi) is 50.3. The predicted molar refractivity (Wildman–Crippen MR) is 558 cm³/mol. The van der Waals surface area contributed by atoms with Gasteiger partial charge in [0.1, 0.15) is 4.83 Å². The molecule has 0 bridgehead atoms. The van der Waals surface area contributed by atoms with Crippen LogP contribution in [0.25, 0.3) is 126 Å². The van der Waals surface area contributed by atoms with Gasteiger partial charge in [0.2, 0.25) is 0 Å². The Morgan fingerprint density at radius 3 is 0.985 bits per heavy atom. The molecule has 16 rings (SSSR count). The second-order valence-electron chi connectivity index (χ2n) is 36.4. The molecule has 0 aliphatic carbocycles. The van der Waals surface area contributed by atoms with Crippen LogP contribution in [-0.4, -0.2) is 63.5 Å². The van der Waals surface area contributed by atoms with Crippen molar-refractivity contribution in [2.75, 3.05) is 0 Å². The first-order valence-corrected chi connectivity index (χ1v) is 48.5. The van der Waals surface area contributed by atoms with E-state index >= 15 is 0 Å². The molecule has 12 nitrogen and oxygen atoms in total. The van der Waals surface area contributed by atoms with Crippen molar-refractivity contribution in [3.8, 4) is 45.0 Å². The van der Waals surface area contributed by atoms with Crippen molar-refractivity contribution in [2.24, 2.45) is 47.3 Å². The van der Waals surface area contributed by atoms with Gasteiger partial charge in [-0.25, -0.2) is 0 Å². The number of fused-ring (bicyclic) bond motifs is 12. The number of benzene rings is 8. The summed E-state index contributed by atoms with van der Waals surface area (Å²) in [7, 11) is 0. The van der Waals surface area contributed by atoms with Crippen molar-refractivity contribution in [1.82, 2.24) is 19.9 Å². The number of ketones is 4. The first-order valence-electron chi connectivity index (χ1n) is 45.2. The van der Waals surface area contributed by atoms with E-state index < -0.39 is 0 Å². The summed E-state index contributed by atoms with van der Waals surface area (Å²) in [5.41, 5.74) is 11.9. The molecule has 135 heavy (non-hydrogen) atoms. The number of pyridine rings is 4. The molecule has 8 aromatic heterocycles. The zero-order valence-electron chi connectivity index (χ0n) is 80.6. The smallest absolute Gasteiger partial charge is 0.159 e. The van der Waals surface area contributed by atoms with E-state index in [1.165, 1.54) is 117 Å². The third-order valence-electron chi connectivity index (χ3n) is 19.9. The molecule has 0 saturated carbocycles. The fraction of sp³-hybridized carbons (Fsp3) is 0.304. The summed E-state index contributed by atoms with van der Waals surface area (Å²) in [4.78, 5) is 64.5. The van der Waals surface area contributed by atoms with Crippen LogP contribution in [0.4, 0.5) is 0 Å². The SMILES string of the molecule is CC(C)CC(=O)C=C(O)CC(C)C.CC(C)CC(=O)C=C(O)CC(C)C.CC(C)CC(=O)C=C(O)CC(C)C.CC(C)CC(=O)C=C(O)CC(C)C.Cc1cc[c-]c(-c2cc3c(cn2)sc2ccccc23)c1.Cc1cc[c-]c(-c2ccc3c(n2)sc2ccccc23)c1.Cc1cc[c-]c(-c2nccc3c2sc2ccccc23)c1.[Ir].[Ir].[Ir].[Ir].[c-]1ccccc1-c1cc2c(cn1)sc1ccccc12. The number of allylic oxidation sites excluding steroid dienone is 8. The largest absolute Gasteiger partial charge is 0.512 e. The molecular weight excluding hydrogens is 2460 g/mol. The summed E-state index contributed by atoms with van der Waals surface area (Å²) in [6.07, 6.45) is 15.7. The minimum atomic E-state index is 0. The summed E-state index contributed by atoms with van der Waals surface area (Å²) < 4.78 is 8.95. The second kappa shape index (κ2) is 58.4. The van der Waals surface area contributed by atoms with E-state index in [2.05, 4.69) is 224 Å². The number of aromatic nitrogens is 4. The Bertz CT molecular complexity index is 6420. The van der Waals surface area contributed by atoms with Crippen LogP contribution in [0.1, 0.15) is 179 Å². The molecule has 0 aliphatic heterocycles. The number of aliphatic hydroxyl groups excluding tert-OH is 4. The standard InChI is InChI=1S/3C18H12NS.C17H10NS.4C11H20O2.4Ir/c1-12-5-4-6-13(9-12)16-10-15-14-7-2-3-8-17(14)20-18(15)11-19-16;1-12-5-4-6-13(11-12)16-10-9-15-14-7-2-3-8-17(14)20-18(15)19-16;1-12-5-4-6-13(11-12)17-18-15(9-10-19-17)14-7-2-3-8-16(14)20-18;1-2-6-12(7-3-1)15-10-14-13-8-4-5-9-16(13)19-17(14)11-18-15;4*1-8(2)5-10(12)7-11(13)6-9(3)4;;;;/h3*2-5,7-11H,1H3;1-6,8-11H;4*7-9,12H,5-6H2,1-4H3;;;;/q4*-1;;;;;;;;. The molecule has 4 N–H and O–H groups in total. The van der Waals surface area contributed by atoms with E-state index in [0.29, 0.717) is 98.7 Å². The maximum absolute atomic E-state index is 11.2. The zero-order chi connectivity index (χ0) is 95.0. The van der Waals surface area contributed by atoms with E-state index in [0.717, 1.165) is 49.9 Å². The first-order chi connectivity index (χ1) is 62.5. The fourth-order valence-corrected chi connectivity index (χ4v) is 18.8. The van der Waals surface area contributed by atoms with Crippen LogP contribution in [0.2, 0.25) is 0 Å². The Morgan fingerprint density at radius 1 is 0.296 bits per heavy atom. The van der Waals surface area contributed by atoms with Crippen LogP contribution >= 0.6 is 45.3 Å². The van der Waals surface area contributed by atoms with Gasteiger partial charge in [0.05, 0.1) is 32.4 Å². The Morgan fingerprint density at radius 2 is 0.615 bits per heavy atom. The average molecular weight is 2590 g/mol. The minimum Gasteiger partial charge on any atom is -0.512 e. The molecule has 0 aliphatic rings. The van der Waals surface area contributed by atoms with Gasteiger partial charge in [-0.05, 0) is 127 Å². The normalized spacial score (nSPS) is 11.4. The van der Waals surface area contributed by atoms with Gasteiger partial charge in [0.15, 0.2) is 23.1 Å². The number of hydrogen-bond donors (Lipinski definition) is 4. The summed E-state index contributed by atoms with van der Waals surface area (Å²) in [6.45, 7) is 38.3. The predicted octanol–water partition coefficient (Wildman–Crippen LogP) is 32.9. The Hall–Kier alpha value is -9.32. The van der Waals surface area contributed by atoms with Crippen LogP contribution in [0, 0.1) is 92.4 Å². The van der Waals surface area contributed by atoms with Crippen molar-refractivity contribution in [3.05, 3.63) is 313 Å². The minimum absolute atomic E-state index is 0. The molecule has 0 unspecified atom stereocenters. The molecule has 0 atom stereocenters. The van der Waals surface area contributed by atoms with Crippen LogP contribution < -0.4 is 0 Å². The molecule has 0 spiro atoms. The Balaban J connectivity index is 0.000000274.